The minimum Gasteiger partial charge on any atom is -0.368 e. The number of piperazine rings is 1. The highest BCUT2D eigenvalue weighted by Gasteiger charge is 2.23. The van der Waals surface area contributed by atoms with Gasteiger partial charge >= 0.3 is 5.69 Å². The number of anilines is 1. The van der Waals surface area contributed by atoms with Gasteiger partial charge in [-0.25, -0.2) is 14.8 Å². The van der Waals surface area contributed by atoms with Crippen LogP contribution in [0.4, 0.5) is 5.69 Å². The fraction of sp³-hybridized carbons (Fsp3) is 0.480. The zero-order valence-corrected chi connectivity index (χ0v) is 21.8. The monoisotopic (exact) mass is 496 g/mol. The van der Waals surface area contributed by atoms with Crippen LogP contribution in [-0.2, 0) is 18.4 Å². The number of nitrogens with zero attached hydrogens (tertiary/aromatic N) is 6. The summed E-state index contributed by atoms with van der Waals surface area (Å²) in [7, 11) is 1.47. The average Bonchev–Trinajstić information content (AvgIpc) is 2.83. The van der Waals surface area contributed by atoms with Crippen molar-refractivity contribution in [1.29, 1.82) is 0 Å². The molecule has 186 valence electrons. The van der Waals surface area contributed by atoms with E-state index in [2.05, 4.69) is 46.1 Å². The van der Waals surface area contributed by atoms with E-state index in [9.17, 15) is 14.4 Å². The molecule has 3 heterocycles. The summed E-state index contributed by atoms with van der Waals surface area (Å²) in [4.78, 5) is 51.9. The van der Waals surface area contributed by atoms with Crippen LogP contribution in [-0.4, -0.2) is 61.8 Å². The Kier molecular flexibility index (Phi) is 7.30. The van der Waals surface area contributed by atoms with Crippen LogP contribution >= 0.6 is 11.8 Å². The molecule has 35 heavy (non-hydrogen) atoms. The highest BCUT2D eigenvalue weighted by atomic mass is 32.2. The Morgan fingerprint density at radius 3 is 2.46 bits per heavy atom. The number of fused-ring (bicyclic) bond motifs is 1. The number of amides is 1. The van der Waals surface area contributed by atoms with Gasteiger partial charge in [-0.1, -0.05) is 37.7 Å². The molecule has 0 bridgehead atoms. The van der Waals surface area contributed by atoms with Gasteiger partial charge in [-0.05, 0) is 37.5 Å². The van der Waals surface area contributed by atoms with Crippen LogP contribution in [0.1, 0.15) is 25.2 Å². The first kappa shape index (κ1) is 25.0. The van der Waals surface area contributed by atoms with E-state index in [1.165, 1.54) is 34.6 Å². The molecule has 0 N–H and O–H groups in total. The molecule has 9 nitrogen and oxygen atoms in total. The van der Waals surface area contributed by atoms with Gasteiger partial charge in [-0.15, -0.1) is 0 Å². The van der Waals surface area contributed by atoms with E-state index in [-0.39, 0.29) is 17.6 Å². The number of thioether (sulfide) groups is 1. The molecule has 3 aromatic rings. The lowest BCUT2D eigenvalue weighted by Gasteiger charge is -2.36. The van der Waals surface area contributed by atoms with Gasteiger partial charge in [0, 0.05) is 45.5 Å². The van der Waals surface area contributed by atoms with Gasteiger partial charge < -0.3 is 9.80 Å². The SMILES string of the molecule is Cc1cccc(N2CCN(C(=O)CSc3nc(C)nc4c3c(=O)n(C)c(=O)n4CC(C)C)CC2)c1. The van der Waals surface area contributed by atoms with Crippen molar-refractivity contribution in [3.8, 4) is 0 Å². The molecule has 1 aliphatic rings. The summed E-state index contributed by atoms with van der Waals surface area (Å²) < 4.78 is 2.63. The van der Waals surface area contributed by atoms with Crippen LogP contribution in [0.5, 0.6) is 0 Å². The lowest BCUT2D eigenvalue weighted by atomic mass is 10.2. The van der Waals surface area contributed by atoms with Crippen molar-refractivity contribution in [2.75, 3.05) is 36.8 Å². The third kappa shape index (κ3) is 5.27. The molecule has 4 rings (SSSR count). The second kappa shape index (κ2) is 10.2. The van der Waals surface area contributed by atoms with Crippen LogP contribution in [0.25, 0.3) is 11.0 Å². The van der Waals surface area contributed by atoms with Crippen molar-refractivity contribution in [3.05, 3.63) is 56.5 Å². The molecule has 1 aromatic carbocycles. The molecule has 1 aliphatic heterocycles. The van der Waals surface area contributed by atoms with Crippen LogP contribution in [0.3, 0.4) is 0 Å². The van der Waals surface area contributed by atoms with E-state index in [1.54, 1.807) is 6.92 Å². The standard InChI is InChI=1S/C25H32N6O3S/c1-16(2)14-31-22-21(24(33)28(5)25(31)34)23(27-18(4)26-22)35-15-20(32)30-11-9-29(10-12-30)19-8-6-7-17(3)13-19/h6-8,13,16H,9-12,14-15H2,1-5H3. The third-order valence-corrected chi connectivity index (χ3v) is 7.10. The first-order chi connectivity index (χ1) is 16.7. The maximum Gasteiger partial charge on any atom is 0.332 e. The minimum atomic E-state index is -0.438. The second-order valence-electron chi connectivity index (χ2n) is 9.42. The zero-order chi connectivity index (χ0) is 25.3. The van der Waals surface area contributed by atoms with Crippen LogP contribution in [0.2, 0.25) is 0 Å². The fourth-order valence-corrected chi connectivity index (χ4v) is 5.30. The average molecular weight is 497 g/mol. The van der Waals surface area contributed by atoms with Gasteiger partial charge in [0.2, 0.25) is 5.91 Å². The summed E-state index contributed by atoms with van der Waals surface area (Å²) >= 11 is 1.24. The van der Waals surface area contributed by atoms with Gasteiger partial charge in [0.1, 0.15) is 16.2 Å². The first-order valence-corrected chi connectivity index (χ1v) is 12.8. The molecule has 1 saturated heterocycles. The Hall–Kier alpha value is -3.14. The summed E-state index contributed by atoms with van der Waals surface area (Å²) in [5.41, 5.74) is 1.90. The molecule has 2 aromatic heterocycles. The van der Waals surface area contributed by atoms with Crippen LogP contribution in [0, 0.1) is 19.8 Å². The summed E-state index contributed by atoms with van der Waals surface area (Å²) in [6.07, 6.45) is 0. The fourth-order valence-electron chi connectivity index (χ4n) is 4.34. The van der Waals surface area contributed by atoms with E-state index in [1.807, 2.05) is 18.7 Å². The molecule has 0 radical (unpaired) electrons. The number of aromatic nitrogens is 4. The number of carbonyl (C=O) groups is 1. The number of benzene rings is 1. The molecule has 0 aliphatic carbocycles. The molecule has 10 heteroatoms. The van der Waals surface area contributed by atoms with E-state index in [0.717, 1.165) is 17.7 Å². The van der Waals surface area contributed by atoms with Crippen LogP contribution in [0.15, 0.2) is 38.9 Å². The lowest BCUT2D eigenvalue weighted by Crippen LogP contribution is -2.49. The summed E-state index contributed by atoms with van der Waals surface area (Å²) in [5.74, 6) is 0.836. The van der Waals surface area contributed by atoms with Gasteiger partial charge in [-0.3, -0.25) is 18.7 Å². The summed E-state index contributed by atoms with van der Waals surface area (Å²) in [6.45, 7) is 11.1. The first-order valence-electron chi connectivity index (χ1n) is 11.9. The topological polar surface area (TPSA) is 93.3 Å². The van der Waals surface area contributed by atoms with E-state index in [0.29, 0.717) is 41.5 Å². The van der Waals surface area contributed by atoms with Crippen molar-refractivity contribution in [1.82, 2.24) is 24.0 Å². The maximum absolute atomic E-state index is 13.0. The highest BCUT2D eigenvalue weighted by Crippen LogP contribution is 2.24. The largest absolute Gasteiger partial charge is 0.368 e. The van der Waals surface area contributed by atoms with Crippen LogP contribution < -0.4 is 16.1 Å². The van der Waals surface area contributed by atoms with Crippen molar-refractivity contribution in [2.24, 2.45) is 13.0 Å². The molecule has 1 amide bonds. The molecular weight excluding hydrogens is 464 g/mol. The number of hydrogen-bond acceptors (Lipinski definition) is 7. The third-order valence-electron chi connectivity index (χ3n) is 6.14. The Labute approximate surface area is 208 Å². The lowest BCUT2D eigenvalue weighted by molar-refractivity contribution is -0.128. The quantitative estimate of drug-likeness (QED) is 0.382. The molecule has 0 saturated carbocycles. The zero-order valence-electron chi connectivity index (χ0n) is 20.9. The molecule has 0 unspecified atom stereocenters. The normalized spacial score (nSPS) is 14.2. The van der Waals surface area contributed by atoms with E-state index < -0.39 is 11.2 Å². The molecular formula is C25H32N6O3S. The number of carbonyl (C=O) groups excluding carboxylic acids is 1. The highest BCUT2D eigenvalue weighted by molar-refractivity contribution is 8.00. The predicted octanol–water partition coefficient (Wildman–Crippen LogP) is 2.20. The van der Waals surface area contributed by atoms with Crippen molar-refractivity contribution in [3.63, 3.8) is 0 Å². The molecule has 0 atom stereocenters. The predicted molar refractivity (Wildman–Crippen MR) is 139 cm³/mol. The van der Waals surface area contributed by atoms with E-state index >= 15 is 0 Å². The smallest absolute Gasteiger partial charge is 0.332 e. The van der Waals surface area contributed by atoms with Gasteiger partial charge in [-0.2, -0.15) is 0 Å². The number of rotatable bonds is 6. The van der Waals surface area contributed by atoms with Crippen molar-refractivity contribution >= 4 is 34.4 Å². The Bertz CT molecular complexity index is 1370. The second-order valence-corrected chi connectivity index (χ2v) is 10.4. The van der Waals surface area contributed by atoms with E-state index in [4.69, 9.17) is 0 Å². The van der Waals surface area contributed by atoms with Crippen molar-refractivity contribution < 1.29 is 4.79 Å². The summed E-state index contributed by atoms with van der Waals surface area (Å²) in [6, 6.07) is 8.39. The minimum absolute atomic E-state index is 0.00985. The van der Waals surface area contributed by atoms with Gasteiger partial charge in [0.15, 0.2) is 5.65 Å². The Balaban J connectivity index is 1.52. The number of aryl methyl sites for hydroxylation is 2. The van der Waals surface area contributed by atoms with Crippen molar-refractivity contribution in [2.45, 2.75) is 39.3 Å². The molecule has 0 spiro atoms. The maximum atomic E-state index is 13.0. The number of hydrogen-bond donors (Lipinski definition) is 0. The van der Waals surface area contributed by atoms with Gasteiger partial charge in [0.25, 0.3) is 5.56 Å². The Morgan fingerprint density at radius 1 is 1.09 bits per heavy atom. The Morgan fingerprint density at radius 2 is 1.80 bits per heavy atom. The molecule has 1 fully saturated rings. The summed E-state index contributed by atoms with van der Waals surface area (Å²) in [5, 5.41) is 0.734. The van der Waals surface area contributed by atoms with Gasteiger partial charge in [0.05, 0.1) is 5.75 Å².